The Hall–Kier alpha value is -2.27. The number of halogens is 1. The van der Waals surface area contributed by atoms with E-state index in [2.05, 4.69) is 17.9 Å². The lowest BCUT2D eigenvalue weighted by molar-refractivity contribution is -0.121. The molecule has 0 saturated carbocycles. The van der Waals surface area contributed by atoms with E-state index in [1.165, 1.54) is 48.8 Å². The van der Waals surface area contributed by atoms with Crippen LogP contribution in [-0.4, -0.2) is 44.7 Å². The van der Waals surface area contributed by atoms with Gasteiger partial charge in [-0.2, -0.15) is 8.42 Å². The van der Waals surface area contributed by atoms with Crippen molar-refractivity contribution in [1.29, 1.82) is 0 Å². The second kappa shape index (κ2) is 14.0. The minimum absolute atomic E-state index is 0.00955. The van der Waals surface area contributed by atoms with E-state index in [4.69, 9.17) is 21.1 Å². The van der Waals surface area contributed by atoms with E-state index >= 15 is 0 Å². The highest BCUT2D eigenvalue weighted by atomic mass is 35.5. The van der Waals surface area contributed by atoms with E-state index < -0.39 is 10.0 Å². The first-order chi connectivity index (χ1) is 17.8. The second-order valence-electron chi connectivity index (χ2n) is 8.25. The van der Waals surface area contributed by atoms with Gasteiger partial charge in [0, 0.05) is 6.54 Å². The number of amidine groups is 1. The molecule has 1 amide bonds. The van der Waals surface area contributed by atoms with Crippen LogP contribution in [0.1, 0.15) is 51.0 Å². The minimum Gasteiger partial charge on any atom is -0.493 e. The minimum atomic E-state index is -4.02. The van der Waals surface area contributed by atoms with Crippen LogP contribution in [0.15, 0.2) is 56.5 Å². The van der Waals surface area contributed by atoms with Crippen LogP contribution in [0.2, 0.25) is 4.34 Å². The number of amides is 1. The Morgan fingerprint density at radius 1 is 1.11 bits per heavy atom. The lowest BCUT2D eigenvalue weighted by Gasteiger charge is -2.12. The number of carbonyl (C=O) groups excluding carboxylic acids is 1. The van der Waals surface area contributed by atoms with Gasteiger partial charge in [0.25, 0.3) is 15.9 Å². The molecule has 7 nitrogen and oxygen atoms in total. The molecule has 0 unspecified atom stereocenters. The Labute approximate surface area is 232 Å². The van der Waals surface area contributed by atoms with Crippen molar-refractivity contribution in [1.82, 2.24) is 4.90 Å². The maximum atomic E-state index is 13.1. The number of benzene rings is 1. The van der Waals surface area contributed by atoms with Crippen LogP contribution in [0.25, 0.3) is 6.08 Å². The third-order valence-corrected chi connectivity index (χ3v) is 9.53. The van der Waals surface area contributed by atoms with Crippen molar-refractivity contribution >= 4 is 61.9 Å². The zero-order valence-electron chi connectivity index (χ0n) is 20.9. The number of hydrogen-bond donors (Lipinski definition) is 0. The predicted molar refractivity (Wildman–Crippen MR) is 153 cm³/mol. The van der Waals surface area contributed by atoms with Gasteiger partial charge in [-0.15, -0.1) is 22.3 Å². The average molecular weight is 583 g/mol. The zero-order valence-corrected chi connectivity index (χ0v) is 24.1. The summed E-state index contributed by atoms with van der Waals surface area (Å²) >= 11 is 7.79. The van der Waals surface area contributed by atoms with E-state index in [0.717, 1.165) is 35.9 Å². The monoisotopic (exact) mass is 582 g/mol. The highest BCUT2D eigenvalue weighted by molar-refractivity contribution is 8.19. The number of carbonyl (C=O) groups is 1. The van der Waals surface area contributed by atoms with Crippen molar-refractivity contribution in [3.05, 3.63) is 57.8 Å². The Bertz CT molecular complexity index is 1270. The van der Waals surface area contributed by atoms with Crippen LogP contribution in [0, 0.1) is 0 Å². The molecule has 0 radical (unpaired) electrons. The summed E-state index contributed by atoms with van der Waals surface area (Å²) in [4.78, 5) is 14.7. The van der Waals surface area contributed by atoms with Gasteiger partial charge < -0.3 is 9.47 Å². The van der Waals surface area contributed by atoms with Crippen molar-refractivity contribution in [3.8, 4) is 11.5 Å². The number of thioether (sulfide) groups is 1. The van der Waals surface area contributed by atoms with Crippen LogP contribution < -0.4 is 9.47 Å². The normalized spacial score (nSPS) is 16.1. The van der Waals surface area contributed by atoms with Crippen LogP contribution >= 0.6 is 34.7 Å². The number of methoxy groups -OCH3 is 1. The molecule has 0 bridgehead atoms. The van der Waals surface area contributed by atoms with Crippen LogP contribution in [0.3, 0.4) is 0 Å². The van der Waals surface area contributed by atoms with Gasteiger partial charge in [0.05, 0.1) is 23.0 Å². The van der Waals surface area contributed by atoms with Crippen molar-refractivity contribution in [3.63, 3.8) is 0 Å². The Morgan fingerprint density at radius 3 is 2.54 bits per heavy atom. The molecule has 0 spiro atoms. The van der Waals surface area contributed by atoms with E-state index in [1.54, 1.807) is 19.3 Å². The molecule has 0 aliphatic carbocycles. The lowest BCUT2D eigenvalue weighted by Crippen LogP contribution is -2.29. The molecule has 1 aliphatic rings. The lowest BCUT2D eigenvalue weighted by atomic mass is 10.1. The summed E-state index contributed by atoms with van der Waals surface area (Å²) in [5.41, 5.74) is 0.715. The number of rotatable bonds is 14. The van der Waals surface area contributed by atoms with E-state index in [-0.39, 0.29) is 21.8 Å². The number of sulfonamides is 1. The van der Waals surface area contributed by atoms with Crippen molar-refractivity contribution in [2.24, 2.45) is 4.40 Å². The van der Waals surface area contributed by atoms with Gasteiger partial charge in [0.2, 0.25) is 0 Å². The number of ether oxygens (including phenoxy) is 2. The van der Waals surface area contributed by atoms with Crippen LogP contribution in [0.5, 0.6) is 11.5 Å². The number of hydrogen-bond acceptors (Lipinski definition) is 7. The number of nitrogens with zero attached hydrogens (tertiary/aromatic N) is 2. The third-order valence-electron chi connectivity index (χ3n) is 5.44. The third kappa shape index (κ3) is 8.10. The maximum absolute atomic E-state index is 13.1. The summed E-state index contributed by atoms with van der Waals surface area (Å²) < 4.78 is 41.2. The van der Waals surface area contributed by atoms with Gasteiger partial charge in [-0.3, -0.25) is 9.69 Å². The predicted octanol–water partition coefficient (Wildman–Crippen LogP) is 7.00. The maximum Gasteiger partial charge on any atom is 0.294 e. The van der Waals surface area contributed by atoms with Gasteiger partial charge in [-0.25, -0.2) is 0 Å². The first-order valence-electron chi connectivity index (χ1n) is 12.0. The summed E-state index contributed by atoms with van der Waals surface area (Å²) in [7, 11) is -2.45. The molecule has 1 fully saturated rings. The molecule has 0 atom stereocenters. The molecule has 1 aromatic heterocycles. The molecule has 37 heavy (non-hydrogen) atoms. The molecular formula is C26H31ClN2O5S3. The van der Waals surface area contributed by atoms with Crippen molar-refractivity contribution in [2.75, 3.05) is 20.3 Å². The Kier molecular flexibility index (Phi) is 11.1. The first kappa shape index (κ1) is 29.3. The number of thiophene rings is 1. The van der Waals surface area contributed by atoms with Gasteiger partial charge in [0.1, 0.15) is 4.21 Å². The summed E-state index contributed by atoms with van der Waals surface area (Å²) in [5, 5.41) is 0.0616. The van der Waals surface area contributed by atoms with Gasteiger partial charge in [-0.05, 0) is 54.1 Å². The quantitative estimate of drug-likeness (QED) is 0.135. The number of unbranched alkanes of at least 4 members (excludes halogenated alkanes) is 5. The standard InChI is InChI=1S/C26H31ClN2O5S3/c1-4-6-7-8-9-10-16-34-20-12-11-19(17-21(20)33-3)18-22-25(30)29(15-5-2)26(35-22)28-37(31,32)24-14-13-23(27)36-24/h5,11-14,17-18H,2,4,6-10,15-16H2,1,3H3. The smallest absolute Gasteiger partial charge is 0.294 e. The summed E-state index contributed by atoms with van der Waals surface area (Å²) in [6, 6.07) is 8.32. The molecule has 11 heteroatoms. The molecule has 3 rings (SSSR count). The fourth-order valence-electron chi connectivity index (χ4n) is 3.56. The summed E-state index contributed by atoms with van der Waals surface area (Å²) in [6.07, 6.45) is 10.3. The molecule has 2 heterocycles. The van der Waals surface area contributed by atoms with Crippen LogP contribution in [-0.2, 0) is 14.8 Å². The molecule has 2 aromatic rings. The van der Waals surface area contributed by atoms with Crippen LogP contribution in [0.4, 0.5) is 0 Å². The average Bonchev–Trinajstić information content (AvgIpc) is 3.43. The van der Waals surface area contributed by atoms with E-state index in [1.807, 2.05) is 12.1 Å². The summed E-state index contributed by atoms with van der Waals surface area (Å²) in [6.45, 7) is 6.60. The molecule has 1 aliphatic heterocycles. The zero-order chi connectivity index (χ0) is 26.8. The molecule has 1 saturated heterocycles. The molecular weight excluding hydrogens is 552 g/mol. The van der Waals surface area contributed by atoms with Crippen molar-refractivity contribution < 1.29 is 22.7 Å². The molecule has 0 N–H and O–H groups in total. The first-order valence-corrected chi connectivity index (χ1v) is 15.5. The van der Waals surface area contributed by atoms with Gasteiger partial charge >= 0.3 is 0 Å². The topological polar surface area (TPSA) is 85.3 Å². The largest absolute Gasteiger partial charge is 0.493 e. The van der Waals surface area contributed by atoms with E-state index in [9.17, 15) is 13.2 Å². The molecule has 1 aromatic carbocycles. The Morgan fingerprint density at radius 2 is 1.86 bits per heavy atom. The van der Waals surface area contributed by atoms with E-state index in [0.29, 0.717) is 32.9 Å². The highest BCUT2D eigenvalue weighted by Gasteiger charge is 2.34. The fraction of sp³-hybridized carbons (Fsp3) is 0.385. The van der Waals surface area contributed by atoms with Crippen molar-refractivity contribution in [2.45, 2.75) is 49.7 Å². The molecule has 200 valence electrons. The van der Waals surface area contributed by atoms with Gasteiger partial charge in [0.15, 0.2) is 16.7 Å². The van der Waals surface area contributed by atoms with Gasteiger partial charge in [-0.1, -0.05) is 62.8 Å². The summed E-state index contributed by atoms with van der Waals surface area (Å²) in [5.74, 6) is 0.843. The fourth-order valence-corrected chi connectivity index (χ4v) is 7.21. The SMILES string of the molecule is C=CCN1C(=O)C(=Cc2ccc(OCCCCCCCC)c(OC)c2)SC1=NS(=O)(=O)c1ccc(Cl)s1. The highest BCUT2D eigenvalue weighted by Crippen LogP contribution is 2.36. The second-order valence-corrected chi connectivity index (χ2v) is 12.8. The Balaban J connectivity index is 1.75.